The van der Waals surface area contributed by atoms with Crippen LogP contribution in [0.1, 0.15) is 49.7 Å². The second-order valence-corrected chi connectivity index (χ2v) is 9.22. The molecule has 2 fully saturated rings. The number of ether oxygens (including phenoxy) is 1. The molecule has 2 N–H and O–H groups in total. The number of aryl methyl sites for hydroxylation is 1. The van der Waals surface area contributed by atoms with Crippen LogP contribution >= 0.6 is 11.6 Å². The lowest BCUT2D eigenvalue weighted by Gasteiger charge is -2.44. The molecule has 7 heteroatoms. The molecule has 0 radical (unpaired) electrons. The fourth-order valence-corrected chi connectivity index (χ4v) is 4.90. The number of likely N-dealkylation sites (tertiary alicyclic amines) is 1. The van der Waals surface area contributed by atoms with Gasteiger partial charge in [-0.2, -0.15) is 0 Å². The Hall–Kier alpha value is -2.18. The molecule has 0 unspecified atom stereocenters. The van der Waals surface area contributed by atoms with Gasteiger partial charge in [0, 0.05) is 42.8 Å². The van der Waals surface area contributed by atoms with Crippen LogP contribution in [-0.4, -0.2) is 47.1 Å². The summed E-state index contributed by atoms with van der Waals surface area (Å²) < 4.78 is 5.60. The number of anilines is 1. The van der Waals surface area contributed by atoms with E-state index in [1.807, 2.05) is 42.2 Å². The van der Waals surface area contributed by atoms with E-state index in [-0.39, 0.29) is 11.3 Å². The minimum absolute atomic E-state index is 0.109. The van der Waals surface area contributed by atoms with Crippen molar-refractivity contribution in [1.82, 2.24) is 14.9 Å². The van der Waals surface area contributed by atoms with Crippen LogP contribution in [0.25, 0.3) is 0 Å². The van der Waals surface area contributed by atoms with Crippen LogP contribution in [0, 0.1) is 6.92 Å². The highest BCUT2D eigenvalue weighted by atomic mass is 35.5. The van der Waals surface area contributed by atoms with E-state index in [0.717, 1.165) is 24.1 Å². The van der Waals surface area contributed by atoms with Crippen molar-refractivity contribution in [1.29, 1.82) is 0 Å². The fraction of sp³-hybridized carbons (Fsp3) is 0.522. The Kier molecular flexibility index (Phi) is 5.73. The van der Waals surface area contributed by atoms with Gasteiger partial charge in [0.05, 0.1) is 11.1 Å². The third kappa shape index (κ3) is 3.91. The number of benzene rings is 1. The van der Waals surface area contributed by atoms with Crippen molar-refractivity contribution in [2.45, 2.75) is 50.4 Å². The molecule has 30 heavy (non-hydrogen) atoms. The number of hydrogen-bond donors (Lipinski definition) is 1. The quantitative estimate of drug-likeness (QED) is 0.806. The standard InChI is InChI=1S/C23H29ClN4O2/c1-16-26-19(15-20(25)27-16)22(2)7-11-28(12-8-22)21(29)23(9-13-30-14-10-23)17-3-5-18(24)6-4-17/h3-6,15H,7-14H2,1-2H3,(H2,25,26,27). The van der Waals surface area contributed by atoms with E-state index in [9.17, 15) is 4.79 Å². The predicted octanol–water partition coefficient (Wildman–Crippen LogP) is 3.65. The number of carbonyl (C=O) groups excluding carboxylic acids is 1. The molecule has 0 bridgehead atoms. The number of aromatic nitrogens is 2. The van der Waals surface area contributed by atoms with Gasteiger partial charge in [-0.05, 0) is 50.3 Å². The van der Waals surface area contributed by atoms with E-state index in [1.54, 1.807) is 0 Å². The Balaban J connectivity index is 1.55. The van der Waals surface area contributed by atoms with E-state index in [2.05, 4.69) is 16.9 Å². The summed E-state index contributed by atoms with van der Waals surface area (Å²) in [5.74, 6) is 1.39. The summed E-state index contributed by atoms with van der Waals surface area (Å²) in [6, 6.07) is 9.60. The van der Waals surface area contributed by atoms with Crippen molar-refractivity contribution in [3.63, 3.8) is 0 Å². The number of carbonyl (C=O) groups is 1. The highest BCUT2D eigenvalue weighted by Gasteiger charge is 2.46. The predicted molar refractivity (Wildman–Crippen MR) is 118 cm³/mol. The van der Waals surface area contributed by atoms with Crippen LogP contribution in [0.5, 0.6) is 0 Å². The summed E-state index contributed by atoms with van der Waals surface area (Å²) in [5, 5.41) is 0.682. The zero-order valence-electron chi connectivity index (χ0n) is 17.7. The van der Waals surface area contributed by atoms with Crippen LogP contribution in [-0.2, 0) is 20.4 Å². The molecule has 0 atom stereocenters. The van der Waals surface area contributed by atoms with Gasteiger partial charge in [0.1, 0.15) is 11.6 Å². The summed E-state index contributed by atoms with van der Waals surface area (Å²) in [7, 11) is 0. The van der Waals surface area contributed by atoms with E-state index >= 15 is 0 Å². The van der Waals surface area contributed by atoms with Gasteiger partial charge in [-0.1, -0.05) is 30.7 Å². The van der Waals surface area contributed by atoms with E-state index in [1.165, 1.54) is 0 Å². The molecule has 6 nitrogen and oxygen atoms in total. The van der Waals surface area contributed by atoms with Gasteiger partial charge in [0.2, 0.25) is 5.91 Å². The summed E-state index contributed by atoms with van der Waals surface area (Å²) in [6.45, 7) is 6.67. The Morgan fingerprint density at radius 3 is 2.33 bits per heavy atom. The molecular weight excluding hydrogens is 400 g/mol. The van der Waals surface area contributed by atoms with Gasteiger partial charge < -0.3 is 15.4 Å². The van der Waals surface area contributed by atoms with Crippen molar-refractivity contribution < 1.29 is 9.53 Å². The first kappa shape index (κ1) is 21.1. The number of rotatable bonds is 3. The minimum atomic E-state index is -0.535. The monoisotopic (exact) mass is 428 g/mol. The van der Waals surface area contributed by atoms with Gasteiger partial charge in [-0.3, -0.25) is 4.79 Å². The number of nitrogens with two attached hydrogens (primary N) is 1. The summed E-state index contributed by atoms with van der Waals surface area (Å²) in [4.78, 5) is 24.7. The number of nitrogen functional groups attached to an aromatic ring is 1. The molecule has 3 heterocycles. The van der Waals surface area contributed by atoms with Crippen molar-refractivity contribution in [2.24, 2.45) is 0 Å². The Labute approximate surface area is 182 Å². The van der Waals surface area contributed by atoms with Crippen molar-refractivity contribution >= 4 is 23.3 Å². The maximum atomic E-state index is 13.8. The summed E-state index contributed by atoms with van der Waals surface area (Å²) >= 11 is 6.10. The van der Waals surface area contributed by atoms with Crippen molar-refractivity contribution in [3.05, 3.63) is 52.4 Å². The van der Waals surface area contributed by atoms with Crippen LogP contribution < -0.4 is 5.73 Å². The van der Waals surface area contributed by atoms with Gasteiger partial charge in [-0.25, -0.2) is 9.97 Å². The van der Waals surface area contributed by atoms with Gasteiger partial charge in [-0.15, -0.1) is 0 Å². The minimum Gasteiger partial charge on any atom is -0.384 e. The Morgan fingerprint density at radius 1 is 1.10 bits per heavy atom. The van der Waals surface area contributed by atoms with E-state index in [0.29, 0.717) is 55.8 Å². The van der Waals surface area contributed by atoms with Crippen LogP contribution in [0.2, 0.25) is 5.02 Å². The largest absolute Gasteiger partial charge is 0.384 e. The first-order valence-electron chi connectivity index (χ1n) is 10.6. The number of piperidine rings is 1. The van der Waals surface area contributed by atoms with Crippen molar-refractivity contribution in [2.75, 3.05) is 32.0 Å². The highest BCUT2D eigenvalue weighted by Crippen LogP contribution is 2.40. The second-order valence-electron chi connectivity index (χ2n) is 8.78. The number of nitrogens with zero attached hydrogens (tertiary/aromatic N) is 3. The van der Waals surface area contributed by atoms with E-state index in [4.69, 9.17) is 22.1 Å². The molecule has 0 saturated carbocycles. The second kappa shape index (κ2) is 8.16. The van der Waals surface area contributed by atoms with E-state index < -0.39 is 5.41 Å². The van der Waals surface area contributed by atoms with Crippen LogP contribution in [0.15, 0.2) is 30.3 Å². The summed E-state index contributed by atoms with van der Waals surface area (Å²) in [6.07, 6.45) is 3.09. The maximum absolute atomic E-state index is 13.8. The molecular formula is C23H29ClN4O2. The third-order valence-electron chi connectivity index (χ3n) is 6.78. The SMILES string of the molecule is Cc1nc(N)cc(C2(C)CCN(C(=O)C3(c4ccc(Cl)cc4)CCOCC3)CC2)n1. The number of hydrogen-bond acceptors (Lipinski definition) is 5. The Morgan fingerprint density at radius 2 is 1.73 bits per heavy atom. The average Bonchev–Trinajstić information content (AvgIpc) is 2.74. The molecule has 160 valence electrons. The molecule has 2 aliphatic heterocycles. The number of amides is 1. The molecule has 2 aromatic rings. The first-order chi connectivity index (χ1) is 14.3. The zero-order chi connectivity index (χ0) is 21.4. The number of halogens is 1. The van der Waals surface area contributed by atoms with Gasteiger partial charge in [0.25, 0.3) is 0 Å². The summed E-state index contributed by atoms with van der Waals surface area (Å²) in [5.41, 5.74) is 7.31. The van der Waals surface area contributed by atoms with Crippen molar-refractivity contribution in [3.8, 4) is 0 Å². The lowest BCUT2D eigenvalue weighted by Crippen LogP contribution is -2.53. The van der Waals surface area contributed by atoms with Gasteiger partial charge in [0.15, 0.2) is 0 Å². The third-order valence-corrected chi connectivity index (χ3v) is 7.03. The lowest BCUT2D eigenvalue weighted by atomic mass is 9.71. The first-order valence-corrected chi connectivity index (χ1v) is 11.0. The Bertz CT molecular complexity index is 897. The smallest absolute Gasteiger partial charge is 0.233 e. The molecule has 0 aliphatic carbocycles. The molecule has 0 spiro atoms. The average molecular weight is 429 g/mol. The maximum Gasteiger partial charge on any atom is 0.233 e. The zero-order valence-corrected chi connectivity index (χ0v) is 18.4. The molecule has 1 aromatic heterocycles. The normalized spacial score (nSPS) is 20.7. The van der Waals surface area contributed by atoms with Crippen LogP contribution in [0.3, 0.4) is 0 Å². The molecule has 4 rings (SSSR count). The van der Waals surface area contributed by atoms with Crippen LogP contribution in [0.4, 0.5) is 5.82 Å². The topological polar surface area (TPSA) is 81.3 Å². The molecule has 1 aromatic carbocycles. The molecule has 1 amide bonds. The lowest BCUT2D eigenvalue weighted by molar-refractivity contribution is -0.143. The highest BCUT2D eigenvalue weighted by molar-refractivity contribution is 6.30. The fourth-order valence-electron chi connectivity index (χ4n) is 4.78. The van der Waals surface area contributed by atoms with Gasteiger partial charge >= 0.3 is 0 Å². The molecule has 2 saturated heterocycles. The molecule has 2 aliphatic rings.